The fourth-order valence-electron chi connectivity index (χ4n) is 2.91. The lowest BCUT2D eigenvalue weighted by molar-refractivity contribution is -0.120. The highest BCUT2D eigenvalue weighted by atomic mass is 16.2. The van der Waals surface area contributed by atoms with Crippen molar-refractivity contribution < 1.29 is 9.59 Å². The second kappa shape index (κ2) is 5.87. The number of carbonyl (C=O) groups is 2. The quantitative estimate of drug-likeness (QED) is 0.845. The van der Waals surface area contributed by atoms with Crippen molar-refractivity contribution in [1.82, 2.24) is 14.5 Å². The predicted octanol–water partition coefficient (Wildman–Crippen LogP) is 1.53. The van der Waals surface area contributed by atoms with Crippen LogP contribution in [-0.4, -0.2) is 45.9 Å². The molecule has 23 heavy (non-hydrogen) atoms. The van der Waals surface area contributed by atoms with Gasteiger partial charge in [0.2, 0.25) is 5.91 Å². The molecule has 2 aromatic rings. The number of imidazole rings is 1. The third kappa shape index (κ3) is 3.11. The van der Waals surface area contributed by atoms with Crippen molar-refractivity contribution in [3.8, 4) is 0 Å². The van der Waals surface area contributed by atoms with Crippen molar-refractivity contribution >= 4 is 17.5 Å². The zero-order chi connectivity index (χ0) is 16.6. The molecule has 6 heteroatoms. The van der Waals surface area contributed by atoms with Crippen LogP contribution in [0.3, 0.4) is 0 Å². The van der Waals surface area contributed by atoms with Gasteiger partial charge in [0.05, 0.1) is 6.33 Å². The Morgan fingerprint density at radius 3 is 2.39 bits per heavy atom. The number of nitrogens with zero attached hydrogens (tertiary/aromatic N) is 4. The zero-order valence-electron chi connectivity index (χ0n) is 13.6. The number of aromatic nitrogens is 2. The highest BCUT2D eigenvalue weighted by Gasteiger charge is 2.29. The summed E-state index contributed by atoms with van der Waals surface area (Å²) in [6.07, 6.45) is 3.25. The van der Waals surface area contributed by atoms with Gasteiger partial charge in [-0.3, -0.25) is 9.59 Å². The standard InChI is InChI=1S/C17H20N4O2/c1-12-6-13(2)8-14(7-12)21-5-4-20(10-16(21)22)17(23)15-9-19(3)11-18-15/h6-9,11H,4-5,10H2,1-3H3. The molecule has 0 saturated carbocycles. The molecule has 0 bridgehead atoms. The third-order valence-electron chi connectivity index (χ3n) is 3.95. The van der Waals surface area contributed by atoms with Gasteiger partial charge < -0.3 is 14.4 Å². The summed E-state index contributed by atoms with van der Waals surface area (Å²) in [4.78, 5) is 32.2. The van der Waals surface area contributed by atoms with Gasteiger partial charge in [-0.25, -0.2) is 4.98 Å². The van der Waals surface area contributed by atoms with Crippen LogP contribution in [-0.2, 0) is 11.8 Å². The van der Waals surface area contributed by atoms with Gasteiger partial charge in [-0.15, -0.1) is 0 Å². The highest BCUT2D eigenvalue weighted by Crippen LogP contribution is 2.21. The molecular formula is C17H20N4O2. The normalized spacial score (nSPS) is 15.2. The van der Waals surface area contributed by atoms with Gasteiger partial charge in [-0.2, -0.15) is 0 Å². The number of rotatable bonds is 2. The van der Waals surface area contributed by atoms with E-state index in [0.717, 1.165) is 16.8 Å². The van der Waals surface area contributed by atoms with Crippen LogP contribution in [0, 0.1) is 13.8 Å². The fraction of sp³-hybridized carbons (Fsp3) is 0.353. The minimum absolute atomic E-state index is 0.0643. The van der Waals surface area contributed by atoms with Gasteiger partial charge in [0, 0.05) is 32.0 Å². The monoisotopic (exact) mass is 312 g/mol. The molecule has 120 valence electrons. The number of carbonyl (C=O) groups excluding carboxylic acids is 2. The van der Waals surface area contributed by atoms with Crippen LogP contribution in [0.25, 0.3) is 0 Å². The largest absolute Gasteiger partial charge is 0.340 e. The number of aryl methyl sites for hydroxylation is 3. The molecule has 1 aliphatic heterocycles. The van der Waals surface area contributed by atoms with Crippen molar-refractivity contribution in [2.24, 2.45) is 7.05 Å². The summed E-state index contributed by atoms with van der Waals surface area (Å²) in [6, 6.07) is 6.08. The molecule has 2 heterocycles. The predicted molar refractivity (Wildman–Crippen MR) is 87.4 cm³/mol. The number of piperazine rings is 1. The molecule has 1 aliphatic rings. The first-order valence-electron chi connectivity index (χ1n) is 7.60. The van der Waals surface area contributed by atoms with Gasteiger partial charge in [-0.05, 0) is 37.1 Å². The van der Waals surface area contributed by atoms with Crippen LogP contribution in [0.15, 0.2) is 30.7 Å². The SMILES string of the molecule is Cc1cc(C)cc(N2CCN(C(=O)c3cn(C)cn3)CC2=O)c1. The summed E-state index contributed by atoms with van der Waals surface area (Å²) < 4.78 is 1.72. The third-order valence-corrected chi connectivity index (χ3v) is 3.95. The van der Waals surface area contributed by atoms with Gasteiger partial charge >= 0.3 is 0 Å². The summed E-state index contributed by atoms with van der Waals surface area (Å²) in [5.41, 5.74) is 3.53. The van der Waals surface area contributed by atoms with Crippen LogP contribution in [0.1, 0.15) is 21.6 Å². The number of hydrogen-bond acceptors (Lipinski definition) is 3. The Hall–Kier alpha value is -2.63. The Labute approximate surface area is 135 Å². The summed E-state index contributed by atoms with van der Waals surface area (Å²) in [7, 11) is 1.81. The summed E-state index contributed by atoms with van der Waals surface area (Å²) in [6.45, 7) is 5.13. The fourth-order valence-corrected chi connectivity index (χ4v) is 2.91. The van der Waals surface area contributed by atoms with Gasteiger partial charge in [0.25, 0.3) is 5.91 Å². The van der Waals surface area contributed by atoms with Crippen LogP contribution in [0.5, 0.6) is 0 Å². The number of anilines is 1. The average Bonchev–Trinajstić information content (AvgIpc) is 2.92. The molecule has 2 amide bonds. The minimum atomic E-state index is -0.195. The van der Waals surface area contributed by atoms with E-state index in [9.17, 15) is 9.59 Å². The van der Waals surface area contributed by atoms with E-state index in [4.69, 9.17) is 0 Å². The smallest absolute Gasteiger partial charge is 0.274 e. The average molecular weight is 312 g/mol. The maximum absolute atomic E-state index is 12.5. The molecule has 1 fully saturated rings. The van der Waals surface area contributed by atoms with E-state index in [0.29, 0.717) is 18.8 Å². The molecule has 0 N–H and O–H groups in total. The molecule has 1 saturated heterocycles. The summed E-state index contributed by atoms with van der Waals surface area (Å²) in [5, 5.41) is 0. The van der Waals surface area contributed by atoms with Crippen molar-refractivity contribution in [1.29, 1.82) is 0 Å². The van der Waals surface area contributed by atoms with E-state index in [2.05, 4.69) is 11.1 Å². The molecule has 0 spiro atoms. The van der Waals surface area contributed by atoms with Crippen LogP contribution >= 0.6 is 0 Å². The maximum atomic E-state index is 12.5. The lowest BCUT2D eigenvalue weighted by atomic mass is 10.1. The van der Waals surface area contributed by atoms with Crippen molar-refractivity contribution in [2.45, 2.75) is 13.8 Å². The topological polar surface area (TPSA) is 58.4 Å². The summed E-state index contributed by atoms with van der Waals surface area (Å²) in [5.74, 6) is -0.260. The van der Waals surface area contributed by atoms with Gasteiger partial charge in [0.1, 0.15) is 12.2 Å². The Balaban J connectivity index is 1.74. The lowest BCUT2D eigenvalue weighted by Gasteiger charge is -2.34. The van der Waals surface area contributed by atoms with Gasteiger partial charge in [0.15, 0.2) is 0 Å². The minimum Gasteiger partial charge on any atom is -0.340 e. The molecule has 0 atom stereocenters. The van der Waals surface area contributed by atoms with E-state index >= 15 is 0 Å². The number of hydrogen-bond donors (Lipinski definition) is 0. The molecule has 3 rings (SSSR count). The Morgan fingerprint density at radius 1 is 1.13 bits per heavy atom. The maximum Gasteiger partial charge on any atom is 0.274 e. The van der Waals surface area contributed by atoms with Crippen molar-refractivity contribution in [3.05, 3.63) is 47.5 Å². The molecular weight excluding hydrogens is 292 g/mol. The van der Waals surface area contributed by atoms with E-state index < -0.39 is 0 Å². The second-order valence-corrected chi connectivity index (χ2v) is 6.04. The Kier molecular flexibility index (Phi) is 3.90. The number of benzene rings is 1. The number of amides is 2. The van der Waals surface area contributed by atoms with Crippen LogP contribution in [0.4, 0.5) is 5.69 Å². The van der Waals surface area contributed by atoms with E-state index in [1.54, 1.807) is 26.9 Å². The molecule has 1 aromatic heterocycles. The lowest BCUT2D eigenvalue weighted by Crippen LogP contribution is -2.52. The second-order valence-electron chi connectivity index (χ2n) is 6.04. The Morgan fingerprint density at radius 2 is 1.83 bits per heavy atom. The molecule has 0 unspecified atom stereocenters. The van der Waals surface area contributed by atoms with Gasteiger partial charge in [-0.1, -0.05) is 6.07 Å². The van der Waals surface area contributed by atoms with Crippen molar-refractivity contribution in [3.63, 3.8) is 0 Å². The zero-order valence-corrected chi connectivity index (χ0v) is 13.6. The molecule has 6 nitrogen and oxygen atoms in total. The molecule has 0 radical (unpaired) electrons. The van der Waals surface area contributed by atoms with Crippen molar-refractivity contribution in [2.75, 3.05) is 24.5 Å². The molecule has 0 aliphatic carbocycles. The Bertz CT molecular complexity index is 745. The first-order chi connectivity index (χ1) is 10.9. The molecule has 1 aromatic carbocycles. The van der Waals surface area contributed by atoms with E-state index in [-0.39, 0.29) is 18.4 Å². The summed E-state index contributed by atoms with van der Waals surface area (Å²) >= 11 is 0. The van der Waals surface area contributed by atoms with Crippen LogP contribution in [0.2, 0.25) is 0 Å². The van der Waals surface area contributed by atoms with E-state index in [1.165, 1.54) is 0 Å². The van der Waals surface area contributed by atoms with E-state index in [1.807, 2.05) is 33.0 Å². The van der Waals surface area contributed by atoms with Crippen LogP contribution < -0.4 is 4.90 Å². The highest BCUT2D eigenvalue weighted by molar-refractivity contribution is 6.01. The first kappa shape index (κ1) is 15.3. The first-order valence-corrected chi connectivity index (χ1v) is 7.60.